The Hall–Kier alpha value is -4.42. The number of benzene rings is 3. The third kappa shape index (κ3) is 8.78. The average molecular weight is 753 g/mol. The highest BCUT2D eigenvalue weighted by molar-refractivity contribution is 6.35. The molecule has 3 fully saturated rings. The molecule has 1 unspecified atom stereocenters. The molecule has 3 aromatic carbocycles. The zero-order valence-electron chi connectivity index (χ0n) is 28.9. The van der Waals surface area contributed by atoms with Crippen LogP contribution in [0.5, 0.6) is 11.5 Å². The molecular weight excluding hydrogens is 712 g/mol. The Kier molecular flexibility index (Phi) is 12.2. The van der Waals surface area contributed by atoms with Gasteiger partial charge in [0.25, 0.3) is 0 Å². The average Bonchev–Trinajstić information content (AvgIpc) is 3.15. The summed E-state index contributed by atoms with van der Waals surface area (Å²) >= 11 is 12.8. The molecule has 3 atom stereocenters. The summed E-state index contributed by atoms with van der Waals surface area (Å²) in [6, 6.07) is 17.3. The van der Waals surface area contributed by atoms with Crippen molar-refractivity contribution < 1.29 is 37.7 Å². The van der Waals surface area contributed by atoms with Gasteiger partial charge in [0.15, 0.2) is 23.9 Å². The number of esters is 2. The molecule has 1 aromatic heterocycles. The number of hydrogen-bond acceptors (Lipinski definition) is 9. The van der Waals surface area contributed by atoms with Crippen LogP contribution >= 0.6 is 23.2 Å². The van der Waals surface area contributed by atoms with E-state index in [2.05, 4.69) is 10.2 Å². The number of halogens is 3. The lowest BCUT2D eigenvalue weighted by Crippen LogP contribution is -2.52. The SMILES string of the molecule is COc1ccc(C(Cc2c(Cl)c[n+]([O-])cc2Cl)OC(=O)c2ccc(CCN[C@H](C(=O)O[C@H]3CN4CCC3CC4)c3ccccc3F)cc2)cc1OC. The van der Waals surface area contributed by atoms with Crippen LogP contribution in [0.1, 0.15) is 57.6 Å². The summed E-state index contributed by atoms with van der Waals surface area (Å²) in [5.41, 5.74) is 2.45. The van der Waals surface area contributed by atoms with Gasteiger partial charge in [0, 0.05) is 30.6 Å². The summed E-state index contributed by atoms with van der Waals surface area (Å²) in [6.07, 6.45) is 3.87. The topological polar surface area (TPSA) is 113 Å². The molecule has 1 N–H and O–H groups in total. The first kappa shape index (κ1) is 37.3. The molecule has 0 saturated carbocycles. The highest BCUT2D eigenvalue weighted by Crippen LogP contribution is 2.36. The summed E-state index contributed by atoms with van der Waals surface area (Å²) in [5, 5.41) is 15.3. The molecule has 52 heavy (non-hydrogen) atoms. The number of methoxy groups -OCH3 is 2. The van der Waals surface area contributed by atoms with Crippen LogP contribution in [0, 0.1) is 16.9 Å². The van der Waals surface area contributed by atoms with Crippen molar-refractivity contribution in [3.63, 3.8) is 0 Å². The molecule has 0 amide bonds. The number of piperidine rings is 3. The molecule has 2 bridgehead atoms. The van der Waals surface area contributed by atoms with Gasteiger partial charge >= 0.3 is 11.9 Å². The molecular formula is C39H40Cl2FN3O7. The van der Waals surface area contributed by atoms with Gasteiger partial charge in [-0.2, -0.15) is 4.73 Å². The lowest BCUT2D eigenvalue weighted by Gasteiger charge is -2.44. The van der Waals surface area contributed by atoms with E-state index in [1.807, 2.05) is 0 Å². The fourth-order valence-corrected chi connectivity index (χ4v) is 7.45. The minimum Gasteiger partial charge on any atom is -0.619 e. The van der Waals surface area contributed by atoms with E-state index in [4.69, 9.17) is 42.1 Å². The van der Waals surface area contributed by atoms with Crippen molar-refractivity contribution in [2.75, 3.05) is 40.4 Å². The van der Waals surface area contributed by atoms with E-state index in [1.54, 1.807) is 60.7 Å². The smallest absolute Gasteiger partial charge is 0.338 e. The maximum Gasteiger partial charge on any atom is 0.338 e. The Bertz CT molecular complexity index is 1870. The monoisotopic (exact) mass is 751 g/mol. The van der Waals surface area contributed by atoms with Crippen LogP contribution < -0.4 is 19.5 Å². The van der Waals surface area contributed by atoms with E-state index >= 15 is 0 Å². The van der Waals surface area contributed by atoms with Crippen LogP contribution in [0.2, 0.25) is 10.0 Å². The second kappa shape index (κ2) is 16.9. The van der Waals surface area contributed by atoms with E-state index < -0.39 is 29.9 Å². The summed E-state index contributed by atoms with van der Waals surface area (Å²) < 4.78 is 38.2. The van der Waals surface area contributed by atoms with Gasteiger partial charge in [0.1, 0.15) is 34.1 Å². The number of hydrogen-bond donors (Lipinski definition) is 1. The van der Waals surface area contributed by atoms with Crippen molar-refractivity contribution >= 4 is 35.1 Å². The summed E-state index contributed by atoms with van der Waals surface area (Å²) in [5.74, 6) is -0.305. The largest absolute Gasteiger partial charge is 0.619 e. The van der Waals surface area contributed by atoms with Crippen molar-refractivity contribution in [2.45, 2.75) is 43.9 Å². The standard InChI is InChI=1S/C39H40Cl2FN3O7/c1-49-33-12-11-27(19-35(33)50-2)34(20-29-30(40)21-45(48)22-31(29)41)51-38(46)26-9-7-24(8-10-26)13-16-43-37(28-5-3-4-6-32(28)42)39(47)52-36-23-44-17-14-25(36)15-18-44/h3-12,19,21-22,25,34,36-37,43H,13-18,20,23H2,1-2H3/t34?,36-,37-/m0/s1. The minimum absolute atomic E-state index is 0.0781. The molecule has 4 aromatic rings. The minimum atomic E-state index is -0.968. The van der Waals surface area contributed by atoms with Gasteiger partial charge < -0.3 is 29.5 Å². The van der Waals surface area contributed by atoms with Gasteiger partial charge in [-0.15, -0.1) is 0 Å². The number of nitrogens with zero attached hydrogens (tertiary/aromatic N) is 2. The van der Waals surface area contributed by atoms with Crippen LogP contribution in [0.15, 0.2) is 79.1 Å². The zero-order chi connectivity index (χ0) is 36.8. The normalized spacial score (nSPS) is 19.1. The van der Waals surface area contributed by atoms with Crippen LogP contribution in [0.3, 0.4) is 0 Å². The Balaban J connectivity index is 1.13. The molecule has 4 heterocycles. The number of aromatic nitrogens is 1. The Morgan fingerprint density at radius 2 is 1.67 bits per heavy atom. The number of nitrogens with one attached hydrogen (secondary N) is 1. The molecule has 10 nitrogen and oxygen atoms in total. The summed E-state index contributed by atoms with van der Waals surface area (Å²) in [7, 11) is 3.02. The molecule has 3 aliphatic rings. The van der Waals surface area contributed by atoms with E-state index in [0.29, 0.717) is 58.3 Å². The number of carbonyl (C=O) groups is 2. The lowest BCUT2D eigenvalue weighted by atomic mass is 9.86. The fourth-order valence-electron chi connectivity index (χ4n) is 6.85. The molecule has 3 aliphatic heterocycles. The van der Waals surface area contributed by atoms with E-state index in [0.717, 1.165) is 31.5 Å². The van der Waals surface area contributed by atoms with Crippen LogP contribution in [-0.2, 0) is 27.1 Å². The summed E-state index contributed by atoms with van der Waals surface area (Å²) in [6.45, 7) is 3.09. The van der Waals surface area contributed by atoms with Crippen molar-refractivity contribution in [1.82, 2.24) is 10.2 Å². The van der Waals surface area contributed by atoms with Crippen LogP contribution in [0.25, 0.3) is 0 Å². The molecule has 13 heteroatoms. The number of fused-ring (bicyclic) bond motifs is 3. The highest BCUT2D eigenvalue weighted by atomic mass is 35.5. The van der Waals surface area contributed by atoms with Gasteiger partial charge in [0.05, 0.1) is 19.8 Å². The number of rotatable bonds is 14. The molecule has 3 saturated heterocycles. The zero-order valence-corrected chi connectivity index (χ0v) is 30.4. The highest BCUT2D eigenvalue weighted by Gasteiger charge is 2.38. The van der Waals surface area contributed by atoms with Gasteiger partial charge in [-0.25, -0.2) is 14.0 Å². The predicted molar refractivity (Wildman–Crippen MR) is 193 cm³/mol. The molecule has 0 spiro atoms. The number of carbonyl (C=O) groups excluding carboxylic acids is 2. The van der Waals surface area contributed by atoms with Crippen molar-refractivity contribution in [2.24, 2.45) is 5.92 Å². The molecule has 0 aliphatic carbocycles. The predicted octanol–water partition coefficient (Wildman–Crippen LogP) is 6.43. The Morgan fingerprint density at radius 3 is 2.31 bits per heavy atom. The van der Waals surface area contributed by atoms with Crippen molar-refractivity contribution in [3.05, 3.63) is 128 Å². The van der Waals surface area contributed by atoms with Crippen LogP contribution in [-0.4, -0.2) is 63.3 Å². The van der Waals surface area contributed by atoms with E-state index in [9.17, 15) is 19.2 Å². The maximum absolute atomic E-state index is 14.9. The second-order valence-corrected chi connectivity index (χ2v) is 13.8. The first-order chi connectivity index (χ1) is 25.1. The quantitative estimate of drug-likeness (QED) is 0.0885. The molecule has 274 valence electrons. The Morgan fingerprint density at radius 1 is 0.981 bits per heavy atom. The van der Waals surface area contributed by atoms with Gasteiger partial charge in [-0.05, 0) is 79.7 Å². The van der Waals surface area contributed by atoms with E-state index in [1.165, 1.54) is 32.7 Å². The van der Waals surface area contributed by atoms with Crippen LogP contribution in [0.4, 0.5) is 4.39 Å². The first-order valence-electron chi connectivity index (χ1n) is 17.1. The fraction of sp³-hybridized carbons (Fsp3) is 0.359. The summed E-state index contributed by atoms with van der Waals surface area (Å²) in [4.78, 5) is 29.3. The first-order valence-corrected chi connectivity index (χ1v) is 17.9. The van der Waals surface area contributed by atoms with Crippen molar-refractivity contribution in [1.29, 1.82) is 0 Å². The third-order valence-electron chi connectivity index (χ3n) is 9.74. The Labute approximate surface area is 311 Å². The maximum atomic E-state index is 14.9. The number of ether oxygens (including phenoxy) is 4. The van der Waals surface area contributed by atoms with E-state index in [-0.39, 0.29) is 28.1 Å². The molecule has 7 rings (SSSR count). The number of pyridine rings is 1. The molecule has 0 radical (unpaired) electrons. The van der Waals surface area contributed by atoms with Gasteiger partial charge in [-0.3, -0.25) is 4.90 Å². The van der Waals surface area contributed by atoms with Crippen molar-refractivity contribution in [3.8, 4) is 11.5 Å². The lowest BCUT2D eigenvalue weighted by molar-refractivity contribution is -0.605. The van der Waals surface area contributed by atoms with Gasteiger partial charge in [-0.1, -0.05) is 59.6 Å². The van der Waals surface area contributed by atoms with Gasteiger partial charge in [0.2, 0.25) is 0 Å². The second-order valence-electron chi connectivity index (χ2n) is 13.0. The third-order valence-corrected chi connectivity index (χ3v) is 10.4.